The van der Waals surface area contributed by atoms with E-state index in [2.05, 4.69) is 32.2 Å². The molecule has 1 saturated heterocycles. The second kappa shape index (κ2) is 10.7. The van der Waals surface area contributed by atoms with Crippen LogP contribution in [0, 0.1) is 17.8 Å². The average molecular weight is 547 g/mol. The fourth-order valence-corrected chi connectivity index (χ4v) is 4.63. The lowest BCUT2D eigenvalue weighted by molar-refractivity contribution is -0.144. The van der Waals surface area contributed by atoms with Gasteiger partial charge in [0.05, 0.1) is 23.4 Å². The first-order chi connectivity index (χ1) is 17.4. The zero-order chi connectivity index (χ0) is 25.7. The summed E-state index contributed by atoms with van der Waals surface area (Å²) in [6.45, 7) is 1.85. The molecule has 0 unspecified atom stereocenters. The van der Waals surface area contributed by atoms with E-state index in [9.17, 15) is 14.4 Å². The van der Waals surface area contributed by atoms with E-state index in [1.807, 2.05) is 30.3 Å². The number of imide groups is 1. The first-order valence-electron chi connectivity index (χ1n) is 11.3. The minimum Gasteiger partial charge on any atom is -0.465 e. The Hall–Kier alpha value is -4.03. The fourth-order valence-electron chi connectivity index (χ4n) is 4.23. The summed E-state index contributed by atoms with van der Waals surface area (Å²) in [4.78, 5) is 40.8. The molecule has 2 aromatic carbocycles. The highest BCUT2D eigenvalue weighted by Crippen LogP contribution is 2.46. The van der Waals surface area contributed by atoms with Crippen molar-refractivity contribution in [3.05, 3.63) is 82.1 Å². The number of esters is 1. The molecule has 1 fully saturated rings. The molecule has 0 spiro atoms. The molecule has 1 aliphatic rings. The monoisotopic (exact) mass is 546 g/mol. The van der Waals surface area contributed by atoms with Gasteiger partial charge in [-0.1, -0.05) is 57.5 Å². The molecule has 3 aromatic rings. The highest BCUT2D eigenvalue weighted by Gasteiger charge is 2.56. The van der Waals surface area contributed by atoms with Crippen LogP contribution in [-0.4, -0.2) is 39.4 Å². The van der Waals surface area contributed by atoms with Gasteiger partial charge in [-0.15, -0.1) is 17.4 Å². The largest absolute Gasteiger partial charge is 0.465 e. The molecule has 0 bridgehead atoms. The first-order valence-corrected chi connectivity index (χ1v) is 12.1. The summed E-state index contributed by atoms with van der Waals surface area (Å²) < 4.78 is 7.07. The molecule has 2 amide bonds. The number of aromatic nitrogens is 3. The van der Waals surface area contributed by atoms with Crippen molar-refractivity contribution in [1.82, 2.24) is 15.0 Å². The van der Waals surface area contributed by atoms with E-state index in [0.717, 1.165) is 10.0 Å². The van der Waals surface area contributed by atoms with Crippen LogP contribution in [0.5, 0.6) is 0 Å². The Kier molecular flexibility index (Phi) is 7.46. The standard InChI is InChI=1S/C27H23BrN4O4/c1-3-14-27(16-20-17-31(30-29-20)18-24(33)36-4-2)22(15-19-10-8-9-13-23(19)28)25(34)32(26(27)35)21-11-6-5-7-12-21/h1,5-13,15,17H,4,14,16,18H2,2H3/b22-15-/t27-/m1/s1. The maximum atomic E-state index is 14.0. The van der Waals surface area contributed by atoms with Crippen molar-refractivity contribution in [3.63, 3.8) is 0 Å². The number of hydrogen-bond donors (Lipinski definition) is 0. The number of hydrogen-bond acceptors (Lipinski definition) is 6. The molecule has 36 heavy (non-hydrogen) atoms. The van der Waals surface area contributed by atoms with Gasteiger partial charge in [0.25, 0.3) is 5.91 Å². The molecule has 1 atom stereocenters. The Labute approximate surface area is 217 Å². The van der Waals surface area contributed by atoms with Gasteiger partial charge in [-0.2, -0.15) is 0 Å². The summed E-state index contributed by atoms with van der Waals surface area (Å²) >= 11 is 3.52. The second-order valence-corrected chi connectivity index (χ2v) is 9.07. The van der Waals surface area contributed by atoms with Gasteiger partial charge in [-0.05, 0) is 36.8 Å². The Balaban J connectivity index is 1.81. The highest BCUT2D eigenvalue weighted by atomic mass is 79.9. The normalized spacial score (nSPS) is 18.5. The molecule has 8 nitrogen and oxygen atoms in total. The van der Waals surface area contributed by atoms with Crippen LogP contribution in [-0.2, 0) is 32.1 Å². The minimum atomic E-state index is -1.37. The molecule has 0 saturated carbocycles. The van der Waals surface area contributed by atoms with Crippen molar-refractivity contribution in [1.29, 1.82) is 0 Å². The summed E-state index contributed by atoms with van der Waals surface area (Å²) in [5.41, 5.74) is 0.498. The van der Waals surface area contributed by atoms with Crippen molar-refractivity contribution in [3.8, 4) is 12.3 Å². The van der Waals surface area contributed by atoms with Gasteiger partial charge in [0, 0.05) is 29.1 Å². The number of benzene rings is 2. The van der Waals surface area contributed by atoms with E-state index in [-0.39, 0.29) is 31.6 Å². The number of terminal acetylenes is 1. The Morgan fingerprint density at radius 3 is 2.58 bits per heavy atom. The summed E-state index contributed by atoms with van der Waals surface area (Å²) in [6, 6.07) is 16.1. The molecular formula is C27H23BrN4O4. The lowest BCUT2D eigenvalue weighted by Crippen LogP contribution is -2.37. The number of anilines is 1. The van der Waals surface area contributed by atoms with Crippen molar-refractivity contribution in [2.45, 2.75) is 26.3 Å². The van der Waals surface area contributed by atoms with Gasteiger partial charge < -0.3 is 4.74 Å². The quantitative estimate of drug-likeness (QED) is 0.184. The maximum absolute atomic E-state index is 14.0. The van der Waals surface area contributed by atoms with Crippen molar-refractivity contribution >= 4 is 45.5 Å². The molecule has 4 rings (SSSR count). The summed E-state index contributed by atoms with van der Waals surface area (Å²) in [7, 11) is 0. The Bertz CT molecular complexity index is 1380. The molecular weight excluding hydrogens is 524 g/mol. The van der Waals surface area contributed by atoms with E-state index in [1.54, 1.807) is 43.5 Å². The Morgan fingerprint density at radius 2 is 1.89 bits per heavy atom. The van der Waals surface area contributed by atoms with E-state index in [1.165, 1.54) is 9.58 Å². The molecule has 9 heteroatoms. The Morgan fingerprint density at radius 1 is 1.17 bits per heavy atom. The fraction of sp³-hybridized carbons (Fsp3) is 0.222. The third-order valence-corrected chi connectivity index (χ3v) is 6.57. The van der Waals surface area contributed by atoms with Crippen molar-refractivity contribution in [2.24, 2.45) is 5.41 Å². The predicted molar refractivity (Wildman–Crippen MR) is 137 cm³/mol. The van der Waals surface area contributed by atoms with Crippen LogP contribution in [0.1, 0.15) is 24.6 Å². The maximum Gasteiger partial charge on any atom is 0.327 e. The lowest BCUT2D eigenvalue weighted by Gasteiger charge is -2.25. The zero-order valence-electron chi connectivity index (χ0n) is 19.6. The molecule has 1 aliphatic heterocycles. The SMILES string of the molecule is C#CC[C@]1(Cc2cn(CC(=O)OCC)nn2)C(=O)N(c2ccccc2)C(=O)/C1=C/c1ccccc1Br. The molecule has 0 radical (unpaired) electrons. The van der Waals surface area contributed by atoms with E-state index in [0.29, 0.717) is 11.4 Å². The van der Waals surface area contributed by atoms with E-state index < -0.39 is 23.2 Å². The number of amides is 2. The van der Waals surface area contributed by atoms with Crippen LogP contribution in [0.2, 0.25) is 0 Å². The van der Waals surface area contributed by atoms with Crippen LogP contribution < -0.4 is 4.90 Å². The van der Waals surface area contributed by atoms with Gasteiger partial charge in [-0.3, -0.25) is 14.4 Å². The van der Waals surface area contributed by atoms with E-state index >= 15 is 0 Å². The smallest absolute Gasteiger partial charge is 0.327 e. The van der Waals surface area contributed by atoms with Crippen molar-refractivity contribution in [2.75, 3.05) is 11.5 Å². The van der Waals surface area contributed by atoms with Gasteiger partial charge in [0.2, 0.25) is 5.91 Å². The van der Waals surface area contributed by atoms with Crippen LogP contribution in [0.15, 0.2) is 70.8 Å². The number of carbonyl (C=O) groups is 3. The molecule has 0 aliphatic carbocycles. The van der Waals surface area contributed by atoms with Crippen molar-refractivity contribution < 1.29 is 19.1 Å². The molecule has 182 valence electrons. The van der Waals surface area contributed by atoms with Gasteiger partial charge in [0.15, 0.2) is 0 Å². The van der Waals surface area contributed by atoms with E-state index in [4.69, 9.17) is 11.2 Å². The lowest BCUT2D eigenvalue weighted by atomic mass is 9.74. The van der Waals surface area contributed by atoms with Crippen LogP contribution in [0.3, 0.4) is 0 Å². The number of nitrogens with zero attached hydrogens (tertiary/aromatic N) is 4. The topological polar surface area (TPSA) is 94.4 Å². The number of ether oxygens (including phenoxy) is 1. The number of halogens is 1. The second-order valence-electron chi connectivity index (χ2n) is 8.21. The summed E-state index contributed by atoms with van der Waals surface area (Å²) in [5, 5.41) is 8.15. The molecule has 0 N–H and O–H groups in total. The van der Waals surface area contributed by atoms with Crippen LogP contribution in [0.25, 0.3) is 6.08 Å². The zero-order valence-corrected chi connectivity index (χ0v) is 21.1. The average Bonchev–Trinajstić information content (AvgIpc) is 3.37. The minimum absolute atomic E-state index is 0.0259. The van der Waals surface area contributed by atoms with Crippen LogP contribution in [0.4, 0.5) is 5.69 Å². The van der Waals surface area contributed by atoms with Gasteiger partial charge >= 0.3 is 5.97 Å². The summed E-state index contributed by atoms with van der Waals surface area (Å²) in [5.74, 6) is 1.26. The number of para-hydroxylation sites is 1. The first kappa shape index (κ1) is 25.1. The molecule has 1 aromatic heterocycles. The third-order valence-electron chi connectivity index (χ3n) is 5.85. The highest BCUT2D eigenvalue weighted by molar-refractivity contribution is 9.10. The number of carbonyl (C=O) groups excluding carboxylic acids is 3. The summed E-state index contributed by atoms with van der Waals surface area (Å²) in [6.07, 6.45) is 9.03. The van der Waals surface area contributed by atoms with Crippen LogP contribution >= 0.6 is 15.9 Å². The number of rotatable bonds is 8. The van der Waals surface area contributed by atoms with Gasteiger partial charge in [-0.25, -0.2) is 9.58 Å². The predicted octanol–water partition coefficient (Wildman–Crippen LogP) is 3.81. The third kappa shape index (κ3) is 4.86. The van der Waals surface area contributed by atoms with Gasteiger partial charge in [0.1, 0.15) is 6.54 Å². The molecule has 2 heterocycles.